The average molecular weight is 377 g/mol. The lowest BCUT2D eigenvalue weighted by Gasteiger charge is -2.40. The lowest BCUT2D eigenvalue weighted by Crippen LogP contribution is -2.56. The van der Waals surface area contributed by atoms with Gasteiger partial charge in [-0.3, -0.25) is 4.99 Å². The first-order valence-electron chi connectivity index (χ1n) is 9.67. The Kier molecular flexibility index (Phi) is 6.79. The highest BCUT2D eigenvalue weighted by Crippen LogP contribution is 2.24. The van der Waals surface area contributed by atoms with Gasteiger partial charge in [-0.15, -0.1) is 0 Å². The highest BCUT2D eigenvalue weighted by Gasteiger charge is 2.33. The van der Waals surface area contributed by atoms with Crippen molar-refractivity contribution in [1.82, 2.24) is 10.2 Å². The molecule has 2 aliphatic heterocycles. The number of hydrogen-bond acceptors (Lipinski definition) is 5. The summed E-state index contributed by atoms with van der Waals surface area (Å²) in [6.07, 6.45) is 1.83. The molecule has 7 nitrogen and oxygen atoms in total. The van der Waals surface area contributed by atoms with Gasteiger partial charge in [0.2, 0.25) is 0 Å². The van der Waals surface area contributed by atoms with Crippen LogP contribution in [-0.2, 0) is 9.47 Å². The quantitative estimate of drug-likeness (QED) is 0.622. The predicted molar refractivity (Wildman–Crippen MR) is 108 cm³/mol. The van der Waals surface area contributed by atoms with Gasteiger partial charge >= 0.3 is 0 Å². The van der Waals surface area contributed by atoms with Crippen molar-refractivity contribution in [3.05, 3.63) is 24.3 Å². The molecule has 1 N–H and O–H groups in total. The molecule has 0 amide bonds. The maximum absolute atomic E-state index is 5.82. The Morgan fingerprint density at radius 1 is 1.19 bits per heavy atom. The van der Waals surface area contributed by atoms with Gasteiger partial charge in [-0.1, -0.05) is 6.07 Å². The van der Waals surface area contributed by atoms with Crippen molar-refractivity contribution >= 4 is 11.6 Å². The number of rotatable bonds is 5. The molecule has 0 bridgehead atoms. The maximum Gasteiger partial charge on any atom is 0.193 e. The molecule has 1 aromatic carbocycles. The molecule has 1 aromatic rings. The molecule has 2 aliphatic rings. The van der Waals surface area contributed by atoms with Gasteiger partial charge in [0.1, 0.15) is 5.75 Å². The molecule has 27 heavy (non-hydrogen) atoms. The van der Waals surface area contributed by atoms with Crippen LogP contribution in [0.2, 0.25) is 0 Å². The highest BCUT2D eigenvalue weighted by atomic mass is 16.5. The van der Waals surface area contributed by atoms with Gasteiger partial charge in [0.15, 0.2) is 5.96 Å². The predicted octanol–water partition coefficient (Wildman–Crippen LogP) is 1.59. The zero-order chi connectivity index (χ0) is 19.1. The molecule has 7 heteroatoms. The van der Waals surface area contributed by atoms with E-state index in [9.17, 15) is 0 Å². The molecule has 0 atom stereocenters. The normalized spacial score (nSPS) is 20.5. The van der Waals surface area contributed by atoms with Crippen molar-refractivity contribution < 1.29 is 14.2 Å². The largest absolute Gasteiger partial charge is 0.497 e. The Morgan fingerprint density at radius 2 is 1.93 bits per heavy atom. The summed E-state index contributed by atoms with van der Waals surface area (Å²) in [6, 6.07) is 8.25. The van der Waals surface area contributed by atoms with E-state index >= 15 is 0 Å². The fourth-order valence-electron chi connectivity index (χ4n) is 3.75. The van der Waals surface area contributed by atoms with Crippen molar-refractivity contribution in [2.24, 2.45) is 4.99 Å². The Balaban J connectivity index is 1.54. The third-order valence-electron chi connectivity index (χ3n) is 5.62. The van der Waals surface area contributed by atoms with Crippen molar-refractivity contribution in [1.29, 1.82) is 0 Å². The lowest BCUT2D eigenvalue weighted by molar-refractivity contribution is -0.0857. The zero-order valence-electron chi connectivity index (χ0n) is 16.7. The second-order valence-corrected chi connectivity index (χ2v) is 7.08. The minimum absolute atomic E-state index is 0.156. The Morgan fingerprint density at radius 3 is 2.56 bits per heavy atom. The third-order valence-corrected chi connectivity index (χ3v) is 5.62. The van der Waals surface area contributed by atoms with Crippen LogP contribution in [0.1, 0.15) is 12.8 Å². The van der Waals surface area contributed by atoms with E-state index in [0.29, 0.717) is 0 Å². The number of nitrogens with one attached hydrogen (secondary N) is 1. The summed E-state index contributed by atoms with van der Waals surface area (Å²) < 4.78 is 16.7. The van der Waals surface area contributed by atoms with Crippen molar-refractivity contribution in [2.45, 2.75) is 18.4 Å². The molecule has 2 heterocycles. The van der Waals surface area contributed by atoms with Gasteiger partial charge in [0.05, 0.1) is 12.7 Å². The van der Waals surface area contributed by atoms with Crippen LogP contribution in [0.5, 0.6) is 5.75 Å². The number of anilines is 1. The van der Waals surface area contributed by atoms with Gasteiger partial charge in [-0.25, -0.2) is 0 Å². The van der Waals surface area contributed by atoms with Crippen LogP contribution in [0.25, 0.3) is 0 Å². The van der Waals surface area contributed by atoms with Crippen LogP contribution in [0.15, 0.2) is 29.3 Å². The number of benzene rings is 1. The zero-order valence-corrected chi connectivity index (χ0v) is 16.7. The summed E-state index contributed by atoms with van der Waals surface area (Å²) in [5.41, 5.74) is 1.05. The molecule has 3 rings (SSSR count). The average Bonchev–Trinajstić information content (AvgIpc) is 2.75. The van der Waals surface area contributed by atoms with Crippen LogP contribution in [0.4, 0.5) is 5.69 Å². The van der Waals surface area contributed by atoms with Gasteiger partial charge in [0, 0.05) is 84.7 Å². The molecule has 150 valence electrons. The summed E-state index contributed by atoms with van der Waals surface area (Å²) in [4.78, 5) is 9.20. The van der Waals surface area contributed by atoms with E-state index in [4.69, 9.17) is 14.2 Å². The lowest BCUT2D eigenvalue weighted by atomic mass is 9.94. The second kappa shape index (κ2) is 9.28. The minimum atomic E-state index is -0.156. The van der Waals surface area contributed by atoms with Gasteiger partial charge in [-0.05, 0) is 12.1 Å². The van der Waals surface area contributed by atoms with E-state index in [-0.39, 0.29) is 5.60 Å². The first-order valence-corrected chi connectivity index (χ1v) is 9.67. The van der Waals surface area contributed by atoms with E-state index in [0.717, 1.165) is 70.5 Å². The Bertz CT molecular complexity index is 623. The maximum atomic E-state index is 5.82. The SMILES string of the molecule is CN=C(NCC1(OC)CCOCC1)N1CCN(c2cccc(OC)c2)CC1. The van der Waals surface area contributed by atoms with Crippen molar-refractivity contribution in [3.8, 4) is 5.75 Å². The number of methoxy groups -OCH3 is 2. The van der Waals surface area contributed by atoms with Crippen molar-refractivity contribution in [3.63, 3.8) is 0 Å². The molecular formula is C20H32N4O3. The summed E-state index contributed by atoms with van der Waals surface area (Å²) >= 11 is 0. The smallest absolute Gasteiger partial charge is 0.193 e. The van der Waals surface area contributed by atoms with Crippen molar-refractivity contribution in [2.75, 3.05) is 72.1 Å². The van der Waals surface area contributed by atoms with Crippen LogP contribution in [0, 0.1) is 0 Å². The van der Waals surface area contributed by atoms with E-state index in [1.165, 1.54) is 5.69 Å². The van der Waals surface area contributed by atoms with Gasteiger partial charge in [-0.2, -0.15) is 0 Å². The topological polar surface area (TPSA) is 58.6 Å². The molecule has 2 saturated heterocycles. The standard InChI is InChI=1S/C20H32N4O3/c1-21-19(22-16-20(26-3)7-13-27-14-8-20)24-11-9-23(10-12-24)17-5-4-6-18(15-17)25-2/h4-6,15H,7-14,16H2,1-3H3,(H,21,22). The fraction of sp³-hybridized carbons (Fsp3) is 0.650. The van der Waals surface area contributed by atoms with Crippen LogP contribution >= 0.6 is 0 Å². The Hall–Kier alpha value is -1.99. The molecule has 0 spiro atoms. The number of guanidine groups is 1. The van der Waals surface area contributed by atoms with E-state index in [2.05, 4.69) is 32.2 Å². The summed E-state index contributed by atoms with van der Waals surface area (Å²) in [7, 11) is 5.35. The molecular weight excluding hydrogens is 344 g/mol. The summed E-state index contributed by atoms with van der Waals surface area (Å²) in [5.74, 6) is 1.84. The number of aliphatic imine (C=N–C) groups is 1. The number of ether oxygens (including phenoxy) is 3. The minimum Gasteiger partial charge on any atom is -0.497 e. The molecule has 0 aliphatic carbocycles. The Labute approximate surface area is 162 Å². The monoisotopic (exact) mass is 376 g/mol. The second-order valence-electron chi connectivity index (χ2n) is 7.08. The third kappa shape index (κ3) is 4.84. The number of nitrogens with zero attached hydrogens (tertiary/aromatic N) is 3. The van der Waals surface area contributed by atoms with E-state index < -0.39 is 0 Å². The molecule has 0 unspecified atom stereocenters. The first kappa shape index (κ1) is 19.8. The highest BCUT2D eigenvalue weighted by molar-refractivity contribution is 5.80. The molecule has 0 aromatic heterocycles. The van der Waals surface area contributed by atoms with Gasteiger partial charge < -0.3 is 29.3 Å². The molecule has 0 radical (unpaired) electrons. The summed E-state index contributed by atoms with van der Waals surface area (Å²) in [6.45, 7) is 6.05. The van der Waals surface area contributed by atoms with Crippen LogP contribution in [0.3, 0.4) is 0 Å². The van der Waals surface area contributed by atoms with Crippen LogP contribution in [-0.4, -0.2) is 83.7 Å². The number of piperazine rings is 1. The fourth-order valence-corrected chi connectivity index (χ4v) is 3.75. The first-order chi connectivity index (χ1) is 13.2. The van der Waals surface area contributed by atoms with Crippen LogP contribution < -0.4 is 15.0 Å². The molecule has 0 saturated carbocycles. The molecule has 2 fully saturated rings. The number of hydrogen-bond donors (Lipinski definition) is 1. The van der Waals surface area contributed by atoms with E-state index in [1.54, 1.807) is 14.2 Å². The van der Waals surface area contributed by atoms with E-state index in [1.807, 2.05) is 19.2 Å². The summed E-state index contributed by atoms with van der Waals surface area (Å²) in [5, 5.41) is 3.53. The van der Waals surface area contributed by atoms with Gasteiger partial charge in [0.25, 0.3) is 0 Å².